The number of nitrogens with zero attached hydrogens (tertiary/aromatic N) is 4. The Morgan fingerprint density at radius 1 is 1.55 bits per heavy atom. The van der Waals surface area contributed by atoms with E-state index in [9.17, 15) is 9.59 Å². The number of carbonyl (C=O) groups is 2. The number of likely N-dealkylation sites (tertiary alicyclic amines) is 1. The number of aromatic nitrogens is 2. The van der Waals surface area contributed by atoms with Crippen molar-refractivity contribution in [3.8, 4) is 0 Å². The number of hydrogen-bond acceptors (Lipinski definition) is 7. The zero-order valence-electron chi connectivity index (χ0n) is 13.0. The lowest BCUT2D eigenvalue weighted by Gasteiger charge is -2.19. The molecule has 9 heteroatoms. The average Bonchev–Trinajstić information content (AvgIpc) is 2.97. The van der Waals surface area contributed by atoms with Crippen molar-refractivity contribution in [2.75, 3.05) is 44.8 Å². The van der Waals surface area contributed by atoms with E-state index in [4.69, 9.17) is 0 Å². The molecular formula is C13H21N5O2S2. The molecule has 0 bridgehead atoms. The lowest BCUT2D eigenvalue weighted by molar-refractivity contribution is -0.126. The van der Waals surface area contributed by atoms with Crippen LogP contribution < -0.4 is 5.32 Å². The van der Waals surface area contributed by atoms with Crippen LogP contribution in [0.25, 0.3) is 0 Å². The van der Waals surface area contributed by atoms with E-state index >= 15 is 0 Å². The number of likely N-dealkylation sites (N-methyl/N-ethyl adjacent to an activating group) is 1. The molecule has 0 radical (unpaired) electrons. The van der Waals surface area contributed by atoms with Gasteiger partial charge in [-0.05, 0) is 18.7 Å². The number of nitrogens with one attached hydrogen (secondary N) is 1. The molecule has 7 nitrogen and oxygen atoms in total. The van der Waals surface area contributed by atoms with E-state index < -0.39 is 0 Å². The second-order valence-electron chi connectivity index (χ2n) is 5.40. The Bertz CT molecular complexity index is 536. The Morgan fingerprint density at radius 3 is 2.95 bits per heavy atom. The van der Waals surface area contributed by atoms with Crippen LogP contribution in [0.15, 0.2) is 4.34 Å². The highest BCUT2D eigenvalue weighted by molar-refractivity contribution is 8.01. The topological polar surface area (TPSA) is 78.4 Å². The van der Waals surface area contributed by atoms with Crippen molar-refractivity contribution in [3.63, 3.8) is 0 Å². The van der Waals surface area contributed by atoms with Crippen molar-refractivity contribution in [3.05, 3.63) is 0 Å². The molecule has 1 aromatic rings. The normalized spacial score (nSPS) is 18.3. The van der Waals surface area contributed by atoms with Gasteiger partial charge in [-0.15, -0.1) is 10.2 Å². The van der Waals surface area contributed by atoms with Crippen molar-refractivity contribution in [1.29, 1.82) is 0 Å². The summed E-state index contributed by atoms with van der Waals surface area (Å²) in [6.07, 6.45) is 0.566. The third-order valence-corrected chi connectivity index (χ3v) is 5.18. The van der Waals surface area contributed by atoms with E-state index in [-0.39, 0.29) is 18.4 Å². The molecule has 1 saturated heterocycles. The molecule has 1 atom stereocenters. The monoisotopic (exact) mass is 343 g/mol. The van der Waals surface area contributed by atoms with E-state index in [0.29, 0.717) is 17.5 Å². The fraction of sp³-hybridized carbons (Fsp3) is 0.692. The molecule has 0 spiro atoms. The highest BCUT2D eigenvalue weighted by atomic mass is 32.2. The Hall–Kier alpha value is -1.19. The fourth-order valence-corrected chi connectivity index (χ4v) is 4.10. The smallest absolute Gasteiger partial charge is 0.240 e. The van der Waals surface area contributed by atoms with E-state index in [1.807, 2.05) is 25.9 Å². The first-order valence-electron chi connectivity index (χ1n) is 7.16. The van der Waals surface area contributed by atoms with Gasteiger partial charge in [0.25, 0.3) is 0 Å². The van der Waals surface area contributed by atoms with E-state index in [1.165, 1.54) is 11.3 Å². The standard InChI is InChI=1S/C13H21N5O2S2/c1-4-21-13-16-15-12(22-13)14-10(19)8-17(2)6-9-5-11(20)18(3)7-9/h9H,4-8H2,1-3H3,(H,14,15,19)/t9-/m0/s1. The molecule has 2 amide bonds. The van der Waals surface area contributed by atoms with Crippen LogP contribution in [0.1, 0.15) is 13.3 Å². The summed E-state index contributed by atoms with van der Waals surface area (Å²) >= 11 is 2.99. The van der Waals surface area contributed by atoms with Crippen LogP contribution in [0.3, 0.4) is 0 Å². The Morgan fingerprint density at radius 2 is 2.32 bits per heavy atom. The van der Waals surface area contributed by atoms with Gasteiger partial charge in [0.15, 0.2) is 4.34 Å². The molecule has 0 unspecified atom stereocenters. The molecule has 0 saturated carbocycles. The van der Waals surface area contributed by atoms with Crippen LogP contribution >= 0.6 is 23.1 Å². The number of anilines is 1. The predicted octanol–water partition coefficient (Wildman–Crippen LogP) is 0.999. The Kier molecular flexibility index (Phi) is 6.16. The van der Waals surface area contributed by atoms with Crippen LogP contribution in [0.5, 0.6) is 0 Å². The lowest BCUT2D eigenvalue weighted by atomic mass is 10.1. The first kappa shape index (κ1) is 17.2. The molecule has 1 aliphatic heterocycles. The van der Waals surface area contributed by atoms with Gasteiger partial charge in [0.05, 0.1) is 6.54 Å². The second kappa shape index (κ2) is 7.89. The third-order valence-electron chi connectivity index (χ3n) is 3.33. The van der Waals surface area contributed by atoms with Crippen molar-refractivity contribution >= 4 is 40.0 Å². The molecule has 2 heterocycles. The van der Waals surface area contributed by atoms with Gasteiger partial charge in [-0.3, -0.25) is 19.8 Å². The molecule has 2 rings (SSSR count). The summed E-state index contributed by atoms with van der Waals surface area (Å²) in [4.78, 5) is 27.2. The highest BCUT2D eigenvalue weighted by Crippen LogP contribution is 2.24. The zero-order valence-corrected chi connectivity index (χ0v) is 14.7. The van der Waals surface area contributed by atoms with Crippen LogP contribution in [-0.4, -0.2) is 71.3 Å². The summed E-state index contributed by atoms with van der Waals surface area (Å²) in [5, 5.41) is 11.2. The van der Waals surface area contributed by atoms with Gasteiger partial charge >= 0.3 is 0 Å². The summed E-state index contributed by atoms with van der Waals surface area (Å²) in [7, 11) is 3.71. The van der Waals surface area contributed by atoms with Gasteiger partial charge in [-0.25, -0.2) is 0 Å². The zero-order chi connectivity index (χ0) is 16.1. The van der Waals surface area contributed by atoms with Gasteiger partial charge in [0.1, 0.15) is 0 Å². The minimum absolute atomic E-state index is 0.107. The average molecular weight is 343 g/mol. The summed E-state index contributed by atoms with van der Waals surface area (Å²) in [5.41, 5.74) is 0. The predicted molar refractivity (Wildman–Crippen MR) is 88.2 cm³/mol. The molecular weight excluding hydrogens is 322 g/mol. The minimum Gasteiger partial charge on any atom is -0.345 e. The van der Waals surface area contributed by atoms with Gasteiger partial charge in [-0.2, -0.15) is 0 Å². The first-order chi connectivity index (χ1) is 10.5. The number of hydrogen-bond donors (Lipinski definition) is 1. The lowest BCUT2D eigenvalue weighted by Crippen LogP contribution is -2.34. The largest absolute Gasteiger partial charge is 0.345 e. The highest BCUT2D eigenvalue weighted by Gasteiger charge is 2.27. The van der Waals surface area contributed by atoms with E-state index in [1.54, 1.807) is 16.7 Å². The summed E-state index contributed by atoms with van der Waals surface area (Å²) in [6.45, 7) is 3.82. The Balaban J connectivity index is 1.75. The van der Waals surface area contributed by atoms with Crippen LogP contribution in [0, 0.1) is 5.92 Å². The number of thioether (sulfide) groups is 1. The molecule has 22 heavy (non-hydrogen) atoms. The summed E-state index contributed by atoms with van der Waals surface area (Å²) < 4.78 is 0.860. The molecule has 0 aliphatic carbocycles. The van der Waals surface area contributed by atoms with Gasteiger partial charge in [-0.1, -0.05) is 30.0 Å². The van der Waals surface area contributed by atoms with Gasteiger partial charge in [0, 0.05) is 26.6 Å². The van der Waals surface area contributed by atoms with Crippen molar-refractivity contribution in [2.24, 2.45) is 5.92 Å². The van der Waals surface area contributed by atoms with Gasteiger partial charge in [0.2, 0.25) is 16.9 Å². The molecule has 1 aliphatic rings. The minimum atomic E-state index is -0.107. The van der Waals surface area contributed by atoms with Crippen LogP contribution in [0.4, 0.5) is 5.13 Å². The molecule has 1 aromatic heterocycles. The number of amides is 2. The maximum atomic E-state index is 12.0. The van der Waals surface area contributed by atoms with Crippen molar-refractivity contribution in [2.45, 2.75) is 17.7 Å². The Labute approximate surface area is 138 Å². The van der Waals surface area contributed by atoms with Gasteiger partial charge < -0.3 is 4.90 Å². The van der Waals surface area contributed by atoms with Crippen molar-refractivity contribution in [1.82, 2.24) is 20.0 Å². The third kappa shape index (κ3) is 4.92. The summed E-state index contributed by atoms with van der Waals surface area (Å²) in [5.74, 6) is 1.30. The van der Waals surface area contributed by atoms with Crippen LogP contribution in [-0.2, 0) is 9.59 Å². The quantitative estimate of drug-likeness (QED) is 0.588. The maximum Gasteiger partial charge on any atom is 0.240 e. The second-order valence-corrected chi connectivity index (χ2v) is 7.88. The fourth-order valence-electron chi connectivity index (χ4n) is 2.43. The first-order valence-corrected chi connectivity index (χ1v) is 8.96. The molecule has 0 aromatic carbocycles. The van der Waals surface area contributed by atoms with Crippen molar-refractivity contribution < 1.29 is 9.59 Å². The maximum absolute atomic E-state index is 12.0. The van der Waals surface area contributed by atoms with E-state index in [2.05, 4.69) is 15.5 Å². The summed E-state index contributed by atoms with van der Waals surface area (Å²) in [6, 6.07) is 0. The van der Waals surface area contributed by atoms with Crippen LogP contribution in [0.2, 0.25) is 0 Å². The SMILES string of the molecule is CCSc1nnc(NC(=O)CN(C)C[C@@H]2CC(=O)N(C)C2)s1. The molecule has 122 valence electrons. The molecule has 1 fully saturated rings. The number of carbonyl (C=O) groups excluding carboxylic acids is 2. The van der Waals surface area contributed by atoms with E-state index in [0.717, 1.165) is 23.2 Å². The molecule has 1 N–H and O–H groups in total. The number of rotatable bonds is 7.